The number of rotatable bonds is 6. The summed E-state index contributed by atoms with van der Waals surface area (Å²) in [5.74, 6) is -1.08. The minimum Gasteiger partial charge on any atom is -0.465 e. The van der Waals surface area contributed by atoms with Crippen LogP contribution in [0.15, 0.2) is 29.0 Å². The highest BCUT2D eigenvalue weighted by Crippen LogP contribution is 2.40. The third-order valence-corrected chi connectivity index (χ3v) is 6.79. The molecule has 1 aromatic carbocycles. The highest BCUT2D eigenvalue weighted by Gasteiger charge is 2.31. The van der Waals surface area contributed by atoms with E-state index in [0.29, 0.717) is 27.6 Å². The van der Waals surface area contributed by atoms with E-state index < -0.39 is 23.9 Å². The van der Waals surface area contributed by atoms with Crippen molar-refractivity contribution in [3.63, 3.8) is 0 Å². The summed E-state index contributed by atoms with van der Waals surface area (Å²) in [6.45, 7) is 3.92. The van der Waals surface area contributed by atoms with Crippen LogP contribution in [-0.4, -0.2) is 36.0 Å². The molecule has 0 saturated carbocycles. The van der Waals surface area contributed by atoms with Crippen LogP contribution in [0.3, 0.4) is 0 Å². The molecule has 0 spiro atoms. The molecule has 0 bridgehead atoms. The summed E-state index contributed by atoms with van der Waals surface area (Å²) in [5, 5.41) is 3.25. The number of amides is 1. The Morgan fingerprint density at radius 1 is 1.31 bits per heavy atom. The van der Waals surface area contributed by atoms with Crippen LogP contribution in [0.25, 0.3) is 11.1 Å². The molecule has 1 amide bonds. The third-order valence-electron chi connectivity index (χ3n) is 5.62. The van der Waals surface area contributed by atoms with Crippen LogP contribution in [0.4, 0.5) is 5.00 Å². The van der Waals surface area contributed by atoms with Crippen molar-refractivity contribution in [1.82, 2.24) is 4.98 Å². The summed E-state index contributed by atoms with van der Waals surface area (Å²) in [4.78, 5) is 43.1. The normalized spacial score (nSPS) is 16.3. The second kappa shape index (κ2) is 9.12. The first-order valence-corrected chi connectivity index (χ1v) is 11.3. The molecular weight excluding hydrogens is 432 g/mol. The standard InChI is InChI=1S/C23H24N2O6S/c1-4-16(31-22(27)13-6-8-17-15(10-13)24-11-30-17)20(26)25-21-19(23(28)29-3)14-7-5-12(2)9-18(14)32-21/h6,8,10-12,16H,4-5,7,9H2,1-3H3,(H,25,26). The zero-order chi connectivity index (χ0) is 22.8. The molecule has 9 heteroatoms. The largest absolute Gasteiger partial charge is 0.465 e. The number of anilines is 1. The van der Waals surface area contributed by atoms with Gasteiger partial charge in [-0.05, 0) is 55.4 Å². The highest BCUT2D eigenvalue weighted by molar-refractivity contribution is 7.17. The molecule has 168 valence electrons. The number of esters is 2. The number of hydrogen-bond donors (Lipinski definition) is 1. The van der Waals surface area contributed by atoms with Crippen LogP contribution in [0.1, 0.15) is 57.8 Å². The van der Waals surface area contributed by atoms with Crippen LogP contribution in [-0.2, 0) is 27.1 Å². The van der Waals surface area contributed by atoms with Crippen molar-refractivity contribution in [3.05, 3.63) is 46.2 Å². The van der Waals surface area contributed by atoms with E-state index in [4.69, 9.17) is 13.9 Å². The van der Waals surface area contributed by atoms with Crippen molar-refractivity contribution in [2.75, 3.05) is 12.4 Å². The minimum absolute atomic E-state index is 0.272. The lowest BCUT2D eigenvalue weighted by molar-refractivity contribution is -0.124. The molecular formula is C23H24N2O6S. The van der Waals surface area contributed by atoms with Crippen molar-refractivity contribution in [3.8, 4) is 0 Å². The number of carbonyl (C=O) groups excluding carboxylic acids is 3. The van der Waals surface area contributed by atoms with Crippen molar-refractivity contribution < 1.29 is 28.3 Å². The summed E-state index contributed by atoms with van der Waals surface area (Å²) in [5.41, 5.74) is 2.70. The number of aromatic nitrogens is 1. The van der Waals surface area contributed by atoms with E-state index in [-0.39, 0.29) is 12.0 Å². The maximum absolute atomic E-state index is 13.0. The van der Waals surface area contributed by atoms with E-state index in [1.807, 2.05) is 0 Å². The predicted molar refractivity (Wildman–Crippen MR) is 119 cm³/mol. The molecule has 2 heterocycles. The van der Waals surface area contributed by atoms with Crippen LogP contribution in [0, 0.1) is 5.92 Å². The van der Waals surface area contributed by atoms with Gasteiger partial charge in [0.1, 0.15) is 10.5 Å². The summed E-state index contributed by atoms with van der Waals surface area (Å²) in [7, 11) is 1.33. The van der Waals surface area contributed by atoms with E-state index in [9.17, 15) is 14.4 Å². The predicted octanol–water partition coefficient (Wildman–Crippen LogP) is 4.37. The molecule has 2 aromatic heterocycles. The Balaban J connectivity index is 1.53. The Hall–Kier alpha value is -3.20. The van der Waals surface area contributed by atoms with Gasteiger partial charge in [0.25, 0.3) is 5.91 Å². The SMILES string of the molecule is CCC(OC(=O)c1ccc2ocnc2c1)C(=O)Nc1sc2c(c1C(=O)OC)CCC(C)C2. The Bertz CT molecular complexity index is 1180. The van der Waals surface area contributed by atoms with Gasteiger partial charge >= 0.3 is 11.9 Å². The molecule has 0 aliphatic heterocycles. The summed E-state index contributed by atoms with van der Waals surface area (Å²) >= 11 is 1.39. The number of fused-ring (bicyclic) bond motifs is 2. The molecule has 1 N–H and O–H groups in total. The Morgan fingerprint density at radius 2 is 2.12 bits per heavy atom. The van der Waals surface area contributed by atoms with Crippen molar-refractivity contribution in [2.24, 2.45) is 5.92 Å². The monoisotopic (exact) mass is 456 g/mol. The molecule has 8 nitrogen and oxygen atoms in total. The molecule has 1 aliphatic carbocycles. The minimum atomic E-state index is -1.01. The van der Waals surface area contributed by atoms with Crippen molar-refractivity contribution >= 4 is 45.3 Å². The smallest absolute Gasteiger partial charge is 0.341 e. The van der Waals surface area contributed by atoms with Gasteiger partial charge in [-0.1, -0.05) is 13.8 Å². The average Bonchev–Trinajstić information content (AvgIpc) is 3.39. The quantitative estimate of drug-likeness (QED) is 0.549. The molecule has 0 saturated heterocycles. The van der Waals surface area contributed by atoms with Gasteiger partial charge in [-0.3, -0.25) is 4.79 Å². The number of benzene rings is 1. The van der Waals surface area contributed by atoms with E-state index in [0.717, 1.165) is 29.7 Å². The first-order chi connectivity index (χ1) is 15.4. The number of methoxy groups -OCH3 is 1. The zero-order valence-electron chi connectivity index (χ0n) is 18.1. The maximum Gasteiger partial charge on any atom is 0.341 e. The Kier molecular flexibility index (Phi) is 6.27. The van der Waals surface area contributed by atoms with E-state index in [1.165, 1.54) is 24.8 Å². The van der Waals surface area contributed by atoms with Crippen LogP contribution in [0.5, 0.6) is 0 Å². The van der Waals surface area contributed by atoms with Gasteiger partial charge in [0.05, 0.1) is 18.2 Å². The van der Waals surface area contributed by atoms with Gasteiger partial charge < -0.3 is 19.2 Å². The molecule has 32 heavy (non-hydrogen) atoms. The number of hydrogen-bond acceptors (Lipinski definition) is 8. The summed E-state index contributed by atoms with van der Waals surface area (Å²) in [6, 6.07) is 4.74. The number of nitrogens with one attached hydrogen (secondary N) is 1. The second-order valence-electron chi connectivity index (χ2n) is 7.87. The van der Waals surface area contributed by atoms with Gasteiger partial charge in [0.15, 0.2) is 18.1 Å². The average molecular weight is 457 g/mol. The number of nitrogens with zero attached hydrogens (tertiary/aromatic N) is 1. The number of thiophene rings is 1. The van der Waals surface area contributed by atoms with Crippen molar-refractivity contribution in [2.45, 2.75) is 45.6 Å². The molecule has 0 fully saturated rings. The highest BCUT2D eigenvalue weighted by atomic mass is 32.1. The van der Waals surface area contributed by atoms with Crippen LogP contribution < -0.4 is 5.32 Å². The lowest BCUT2D eigenvalue weighted by atomic mass is 9.88. The fourth-order valence-corrected chi connectivity index (χ4v) is 5.26. The van der Waals surface area contributed by atoms with E-state index >= 15 is 0 Å². The Labute approximate surface area is 188 Å². The molecule has 1 aliphatic rings. The lowest BCUT2D eigenvalue weighted by Gasteiger charge is -2.18. The van der Waals surface area contributed by atoms with E-state index in [1.54, 1.807) is 25.1 Å². The molecule has 2 unspecified atom stereocenters. The molecule has 3 aromatic rings. The van der Waals surface area contributed by atoms with Gasteiger partial charge in [0, 0.05) is 4.88 Å². The summed E-state index contributed by atoms with van der Waals surface area (Å²) < 4.78 is 15.6. The number of oxazole rings is 1. The topological polar surface area (TPSA) is 108 Å². The molecule has 2 atom stereocenters. The molecule has 4 rings (SSSR count). The van der Waals surface area contributed by atoms with Crippen molar-refractivity contribution in [1.29, 1.82) is 0 Å². The Morgan fingerprint density at radius 3 is 2.88 bits per heavy atom. The van der Waals surface area contributed by atoms with Crippen LogP contribution in [0.2, 0.25) is 0 Å². The fourth-order valence-electron chi connectivity index (χ4n) is 3.85. The zero-order valence-corrected chi connectivity index (χ0v) is 18.9. The van der Waals surface area contributed by atoms with E-state index in [2.05, 4.69) is 17.2 Å². The molecule has 0 radical (unpaired) electrons. The summed E-state index contributed by atoms with van der Waals surface area (Å²) in [6.07, 6.45) is 3.16. The number of ether oxygens (including phenoxy) is 2. The van der Waals surface area contributed by atoms with Crippen LogP contribution >= 0.6 is 11.3 Å². The fraction of sp³-hybridized carbons (Fsp3) is 0.391. The first-order valence-electron chi connectivity index (χ1n) is 10.5. The number of carbonyl (C=O) groups is 3. The first kappa shape index (κ1) is 22.0. The third kappa shape index (κ3) is 4.25. The maximum atomic E-state index is 13.0. The van der Waals surface area contributed by atoms with Gasteiger partial charge in [-0.25, -0.2) is 14.6 Å². The van der Waals surface area contributed by atoms with Gasteiger partial charge in [-0.2, -0.15) is 0 Å². The van der Waals surface area contributed by atoms with Gasteiger partial charge in [-0.15, -0.1) is 11.3 Å². The second-order valence-corrected chi connectivity index (χ2v) is 8.98. The lowest BCUT2D eigenvalue weighted by Crippen LogP contribution is -2.32. The van der Waals surface area contributed by atoms with Gasteiger partial charge in [0.2, 0.25) is 0 Å².